The quantitative estimate of drug-likeness (QED) is 0.561. The van der Waals surface area contributed by atoms with Crippen molar-refractivity contribution >= 4 is 50.7 Å². The van der Waals surface area contributed by atoms with E-state index in [0.717, 1.165) is 20.9 Å². The second-order valence-electron chi connectivity index (χ2n) is 8.35. The maximum absolute atomic E-state index is 12.8. The average Bonchev–Trinajstić information content (AvgIpc) is 3.33. The van der Waals surface area contributed by atoms with E-state index in [1.54, 1.807) is 40.5 Å². The molecule has 0 spiro atoms. The van der Waals surface area contributed by atoms with E-state index in [9.17, 15) is 14.4 Å². The number of hydrogen-bond acceptors (Lipinski definition) is 6. The first kappa shape index (κ1) is 22.0. The number of carbonyl (C=O) groups excluding carboxylic acids is 3. The van der Waals surface area contributed by atoms with E-state index < -0.39 is 5.92 Å². The monoisotopic (exact) mass is 451 g/mol. The van der Waals surface area contributed by atoms with Gasteiger partial charge in [-0.05, 0) is 55.3 Å². The average molecular weight is 452 g/mol. The largest absolute Gasteiger partial charge is 0.462 e. The van der Waals surface area contributed by atoms with Gasteiger partial charge in [0.2, 0.25) is 11.8 Å². The molecule has 7 nitrogen and oxygen atoms in total. The summed E-state index contributed by atoms with van der Waals surface area (Å²) in [7, 11) is 0. The summed E-state index contributed by atoms with van der Waals surface area (Å²) in [6.45, 7) is 6.57. The summed E-state index contributed by atoms with van der Waals surface area (Å²) in [5.41, 5.74) is 2.62. The number of ether oxygens (including phenoxy) is 1. The fourth-order valence-corrected chi connectivity index (χ4v) is 4.40. The normalized spacial score (nSPS) is 16.1. The number of nitrogens with one attached hydrogen (secondary N) is 1. The Balaban J connectivity index is 1.38. The molecule has 2 heterocycles. The van der Waals surface area contributed by atoms with Crippen molar-refractivity contribution in [3.63, 3.8) is 0 Å². The third-order valence-corrected chi connectivity index (χ3v) is 6.17. The Hall–Kier alpha value is -3.26. The van der Waals surface area contributed by atoms with Crippen LogP contribution in [-0.2, 0) is 14.3 Å². The number of anilines is 2. The Morgan fingerprint density at radius 2 is 1.97 bits per heavy atom. The fourth-order valence-electron chi connectivity index (χ4n) is 3.59. The SMILES string of the molecule is Cc1nc2cc(N3CC(C(=O)Nc4ccc(C(=O)OCC(C)C)cc4)CC3=O)ccc2s1. The van der Waals surface area contributed by atoms with Crippen LogP contribution in [0.2, 0.25) is 0 Å². The molecule has 4 rings (SSSR count). The molecule has 0 saturated carbocycles. The Bertz CT molecular complexity index is 1170. The van der Waals surface area contributed by atoms with Crippen LogP contribution in [0.1, 0.15) is 35.6 Å². The highest BCUT2D eigenvalue weighted by Crippen LogP contribution is 2.30. The Morgan fingerprint density at radius 1 is 1.22 bits per heavy atom. The number of carbonyl (C=O) groups is 3. The molecule has 1 aromatic heterocycles. The molecule has 8 heteroatoms. The molecule has 1 N–H and O–H groups in total. The number of thiazole rings is 1. The number of aryl methyl sites for hydroxylation is 1. The lowest BCUT2D eigenvalue weighted by molar-refractivity contribution is -0.122. The number of amides is 2. The number of aromatic nitrogens is 1. The smallest absolute Gasteiger partial charge is 0.338 e. The van der Waals surface area contributed by atoms with Gasteiger partial charge >= 0.3 is 5.97 Å². The number of benzene rings is 2. The molecule has 1 aliphatic heterocycles. The molecule has 3 aromatic rings. The topological polar surface area (TPSA) is 88.6 Å². The molecule has 0 radical (unpaired) electrons. The Morgan fingerprint density at radius 3 is 2.69 bits per heavy atom. The Kier molecular flexibility index (Phi) is 6.23. The molecule has 166 valence electrons. The third-order valence-electron chi connectivity index (χ3n) is 5.22. The van der Waals surface area contributed by atoms with Crippen molar-refractivity contribution in [2.24, 2.45) is 11.8 Å². The first-order valence-corrected chi connectivity index (χ1v) is 11.4. The molecule has 1 fully saturated rings. The van der Waals surface area contributed by atoms with Crippen molar-refractivity contribution in [1.29, 1.82) is 0 Å². The van der Waals surface area contributed by atoms with E-state index in [0.29, 0.717) is 24.4 Å². The summed E-state index contributed by atoms with van der Waals surface area (Å²) in [5.74, 6) is -0.882. The van der Waals surface area contributed by atoms with Crippen molar-refractivity contribution in [3.05, 3.63) is 53.0 Å². The zero-order chi connectivity index (χ0) is 22.8. The minimum Gasteiger partial charge on any atom is -0.462 e. The molecule has 0 aliphatic carbocycles. The highest BCUT2D eigenvalue weighted by atomic mass is 32.1. The van der Waals surface area contributed by atoms with Gasteiger partial charge in [-0.25, -0.2) is 9.78 Å². The van der Waals surface area contributed by atoms with Crippen LogP contribution in [0.3, 0.4) is 0 Å². The van der Waals surface area contributed by atoms with Gasteiger partial charge in [0.1, 0.15) is 0 Å². The number of nitrogens with zero attached hydrogens (tertiary/aromatic N) is 2. The van der Waals surface area contributed by atoms with Crippen LogP contribution in [0.5, 0.6) is 0 Å². The van der Waals surface area contributed by atoms with E-state index in [1.165, 1.54) is 0 Å². The summed E-state index contributed by atoms with van der Waals surface area (Å²) in [6, 6.07) is 12.3. The molecule has 1 atom stereocenters. The first-order chi connectivity index (χ1) is 15.3. The number of rotatable bonds is 6. The van der Waals surface area contributed by atoms with Crippen molar-refractivity contribution < 1.29 is 19.1 Å². The lowest BCUT2D eigenvalue weighted by atomic mass is 10.1. The van der Waals surface area contributed by atoms with Gasteiger partial charge in [0, 0.05) is 24.3 Å². The zero-order valence-corrected chi connectivity index (χ0v) is 19.1. The van der Waals surface area contributed by atoms with E-state index >= 15 is 0 Å². The molecule has 0 bridgehead atoms. The van der Waals surface area contributed by atoms with Crippen LogP contribution in [0.25, 0.3) is 10.2 Å². The van der Waals surface area contributed by atoms with E-state index in [1.807, 2.05) is 39.0 Å². The molecule has 2 aromatic carbocycles. The molecular formula is C24H25N3O4S. The molecule has 32 heavy (non-hydrogen) atoms. The third kappa shape index (κ3) is 4.80. The van der Waals surface area contributed by atoms with Gasteiger partial charge in [-0.2, -0.15) is 0 Å². The second kappa shape index (κ2) is 9.08. The van der Waals surface area contributed by atoms with Gasteiger partial charge < -0.3 is 15.0 Å². The van der Waals surface area contributed by atoms with Crippen LogP contribution in [0.15, 0.2) is 42.5 Å². The second-order valence-corrected chi connectivity index (χ2v) is 9.58. The lowest BCUT2D eigenvalue weighted by Gasteiger charge is -2.17. The lowest BCUT2D eigenvalue weighted by Crippen LogP contribution is -2.28. The van der Waals surface area contributed by atoms with Crippen LogP contribution in [0.4, 0.5) is 11.4 Å². The summed E-state index contributed by atoms with van der Waals surface area (Å²) < 4.78 is 6.29. The first-order valence-electron chi connectivity index (χ1n) is 10.6. The molecular weight excluding hydrogens is 426 g/mol. The van der Waals surface area contributed by atoms with Gasteiger partial charge in [0.15, 0.2) is 0 Å². The van der Waals surface area contributed by atoms with Crippen LogP contribution in [-0.4, -0.2) is 35.9 Å². The van der Waals surface area contributed by atoms with E-state index in [2.05, 4.69) is 10.3 Å². The minimum atomic E-state index is -0.453. The van der Waals surface area contributed by atoms with Crippen LogP contribution < -0.4 is 10.2 Å². The van der Waals surface area contributed by atoms with E-state index in [-0.39, 0.29) is 30.1 Å². The van der Waals surface area contributed by atoms with Gasteiger partial charge in [0.05, 0.1) is 33.3 Å². The van der Waals surface area contributed by atoms with E-state index in [4.69, 9.17) is 4.74 Å². The van der Waals surface area contributed by atoms with Gasteiger partial charge in [-0.1, -0.05) is 13.8 Å². The summed E-state index contributed by atoms with van der Waals surface area (Å²) in [6.07, 6.45) is 0.152. The maximum atomic E-state index is 12.8. The Labute approximate surface area is 190 Å². The predicted molar refractivity (Wildman–Crippen MR) is 125 cm³/mol. The standard InChI is InChI=1S/C24H25N3O4S/c1-14(2)13-31-24(30)16-4-6-18(7-5-16)26-23(29)17-10-22(28)27(12-17)19-8-9-21-20(11-19)25-15(3)32-21/h4-9,11,14,17H,10,12-13H2,1-3H3,(H,26,29). The molecule has 1 unspecified atom stereocenters. The summed E-state index contributed by atoms with van der Waals surface area (Å²) >= 11 is 1.61. The van der Waals surface area contributed by atoms with Crippen LogP contribution >= 0.6 is 11.3 Å². The minimum absolute atomic E-state index is 0.0836. The number of esters is 1. The van der Waals surface area contributed by atoms with Crippen molar-refractivity contribution in [1.82, 2.24) is 4.98 Å². The number of hydrogen-bond donors (Lipinski definition) is 1. The summed E-state index contributed by atoms with van der Waals surface area (Å²) in [4.78, 5) is 43.5. The van der Waals surface area contributed by atoms with Crippen molar-refractivity contribution in [2.45, 2.75) is 27.2 Å². The van der Waals surface area contributed by atoms with Crippen LogP contribution in [0, 0.1) is 18.8 Å². The fraction of sp³-hybridized carbons (Fsp3) is 0.333. The van der Waals surface area contributed by atoms with Gasteiger partial charge in [-0.3, -0.25) is 9.59 Å². The number of fused-ring (bicyclic) bond motifs is 1. The van der Waals surface area contributed by atoms with Gasteiger partial charge in [0.25, 0.3) is 0 Å². The molecule has 1 saturated heterocycles. The van der Waals surface area contributed by atoms with Gasteiger partial charge in [-0.15, -0.1) is 11.3 Å². The summed E-state index contributed by atoms with van der Waals surface area (Å²) in [5, 5.41) is 3.82. The predicted octanol–water partition coefficient (Wildman–Crippen LogP) is 4.41. The van der Waals surface area contributed by atoms with Crippen molar-refractivity contribution in [2.75, 3.05) is 23.4 Å². The highest BCUT2D eigenvalue weighted by molar-refractivity contribution is 7.18. The molecule has 2 amide bonds. The van der Waals surface area contributed by atoms with Crippen molar-refractivity contribution in [3.8, 4) is 0 Å². The molecule has 1 aliphatic rings. The zero-order valence-electron chi connectivity index (χ0n) is 18.3. The maximum Gasteiger partial charge on any atom is 0.338 e. The highest BCUT2D eigenvalue weighted by Gasteiger charge is 2.35.